The Kier molecular flexibility index (Phi) is 2.89. The van der Waals surface area contributed by atoms with Crippen LogP contribution in [0.15, 0.2) is 18.2 Å². The molecule has 0 amide bonds. The van der Waals surface area contributed by atoms with Crippen LogP contribution in [0, 0.1) is 17.3 Å². The lowest BCUT2D eigenvalue weighted by Gasteiger charge is -2.49. The summed E-state index contributed by atoms with van der Waals surface area (Å²) in [4.78, 5) is 0. The molecule has 3 nitrogen and oxygen atoms in total. The minimum Gasteiger partial charge on any atom is -0.508 e. The maximum Gasteiger partial charge on any atom is 0.115 e. The topological polar surface area (TPSA) is 60.7 Å². The van der Waals surface area contributed by atoms with Gasteiger partial charge < -0.3 is 15.3 Å². The molecule has 0 radical (unpaired) electrons. The Labute approximate surface area is 125 Å². The molecule has 2 saturated carbocycles. The number of aliphatic hydroxyl groups excluding tert-OH is 2. The summed E-state index contributed by atoms with van der Waals surface area (Å²) < 4.78 is 0. The van der Waals surface area contributed by atoms with E-state index < -0.39 is 12.2 Å². The van der Waals surface area contributed by atoms with Crippen LogP contribution in [0.2, 0.25) is 0 Å². The molecule has 1 aromatic rings. The number of phenolic OH excluding ortho intramolecular Hbond substituents is 1. The zero-order valence-corrected chi connectivity index (χ0v) is 12.5. The van der Waals surface area contributed by atoms with Crippen LogP contribution in [0.25, 0.3) is 0 Å². The Balaban J connectivity index is 1.71. The number of rotatable bonds is 0. The zero-order valence-electron chi connectivity index (χ0n) is 12.5. The maximum atomic E-state index is 10.4. The van der Waals surface area contributed by atoms with Gasteiger partial charge >= 0.3 is 0 Å². The van der Waals surface area contributed by atoms with Gasteiger partial charge in [-0.15, -0.1) is 0 Å². The number of aromatic hydroxyl groups is 1. The number of hydrogen-bond donors (Lipinski definition) is 3. The SMILES string of the molecule is C[C@]12CC[C@@H]3c4ccc(O)cc4CC[C@H]3[C@@H]1C[C@@H](O)[C@H]2O. The molecule has 3 aliphatic carbocycles. The highest BCUT2D eigenvalue weighted by Crippen LogP contribution is 2.60. The predicted molar refractivity (Wildman–Crippen MR) is 80.1 cm³/mol. The van der Waals surface area contributed by atoms with Crippen molar-refractivity contribution < 1.29 is 15.3 Å². The van der Waals surface area contributed by atoms with Gasteiger partial charge in [0, 0.05) is 0 Å². The summed E-state index contributed by atoms with van der Waals surface area (Å²) in [5.74, 6) is 1.88. The summed E-state index contributed by atoms with van der Waals surface area (Å²) in [6, 6.07) is 5.80. The standard InChI is InChI=1S/C18H24O3/c1-18-7-6-13-12-5-3-11(19)8-10(12)2-4-14(13)15(18)9-16(20)17(18)21/h3,5,8,13-17,19-21H,2,4,6-7,9H2,1H3/t13-,14-,15+,16-,17-,18+/m1/s1. The molecule has 3 heteroatoms. The van der Waals surface area contributed by atoms with E-state index in [0.717, 1.165) is 32.1 Å². The molecule has 0 spiro atoms. The van der Waals surface area contributed by atoms with Crippen LogP contribution in [0.1, 0.15) is 49.7 Å². The van der Waals surface area contributed by atoms with E-state index in [-0.39, 0.29) is 5.41 Å². The zero-order chi connectivity index (χ0) is 14.8. The van der Waals surface area contributed by atoms with Crippen LogP contribution in [0.3, 0.4) is 0 Å². The van der Waals surface area contributed by atoms with Crippen LogP contribution in [-0.2, 0) is 6.42 Å². The van der Waals surface area contributed by atoms with Gasteiger partial charge in [0.05, 0.1) is 12.2 Å². The van der Waals surface area contributed by atoms with Gasteiger partial charge in [-0.2, -0.15) is 0 Å². The summed E-state index contributed by atoms with van der Waals surface area (Å²) in [6.07, 6.45) is 3.80. The van der Waals surface area contributed by atoms with Gasteiger partial charge in [-0.25, -0.2) is 0 Å². The predicted octanol–water partition coefficient (Wildman–Crippen LogP) is 2.58. The average molecular weight is 288 g/mol. The second-order valence-electron chi connectivity index (χ2n) is 7.59. The molecule has 2 fully saturated rings. The molecule has 0 aromatic heterocycles. The fourth-order valence-electron chi connectivity index (χ4n) is 5.56. The fourth-order valence-corrected chi connectivity index (χ4v) is 5.56. The van der Waals surface area contributed by atoms with Gasteiger partial charge in [-0.1, -0.05) is 13.0 Å². The Bertz CT molecular complexity index is 570. The molecule has 4 rings (SSSR count). The first-order chi connectivity index (χ1) is 10.0. The highest BCUT2D eigenvalue weighted by molar-refractivity contribution is 5.40. The highest BCUT2D eigenvalue weighted by atomic mass is 16.3. The Morgan fingerprint density at radius 1 is 1.19 bits per heavy atom. The van der Waals surface area contributed by atoms with E-state index in [1.807, 2.05) is 6.07 Å². The smallest absolute Gasteiger partial charge is 0.115 e. The number of benzene rings is 1. The first-order valence-electron chi connectivity index (χ1n) is 8.18. The molecule has 0 heterocycles. The molecule has 3 aliphatic rings. The number of phenols is 1. The van der Waals surface area contributed by atoms with Crippen molar-refractivity contribution in [2.24, 2.45) is 17.3 Å². The van der Waals surface area contributed by atoms with E-state index in [0.29, 0.717) is 23.5 Å². The van der Waals surface area contributed by atoms with Crippen molar-refractivity contribution in [3.63, 3.8) is 0 Å². The second kappa shape index (κ2) is 4.47. The molecule has 6 atom stereocenters. The lowest BCUT2D eigenvalue weighted by molar-refractivity contribution is -0.0505. The lowest BCUT2D eigenvalue weighted by Crippen LogP contribution is -2.44. The number of aryl methyl sites for hydroxylation is 1. The van der Waals surface area contributed by atoms with Crippen molar-refractivity contribution in [3.8, 4) is 5.75 Å². The first-order valence-corrected chi connectivity index (χ1v) is 8.18. The van der Waals surface area contributed by atoms with Crippen molar-refractivity contribution in [2.45, 2.75) is 57.2 Å². The van der Waals surface area contributed by atoms with Crippen LogP contribution >= 0.6 is 0 Å². The van der Waals surface area contributed by atoms with Crippen molar-refractivity contribution in [2.75, 3.05) is 0 Å². The molecule has 0 saturated heterocycles. The highest BCUT2D eigenvalue weighted by Gasteiger charge is 2.57. The molecule has 3 N–H and O–H groups in total. The average Bonchev–Trinajstić information content (AvgIpc) is 2.70. The van der Waals surface area contributed by atoms with E-state index in [9.17, 15) is 15.3 Å². The van der Waals surface area contributed by atoms with Gasteiger partial charge in [0.1, 0.15) is 5.75 Å². The Hall–Kier alpha value is -1.06. The summed E-state index contributed by atoms with van der Waals surface area (Å²) in [5.41, 5.74) is 2.57. The number of hydrogen-bond acceptors (Lipinski definition) is 3. The molecule has 114 valence electrons. The van der Waals surface area contributed by atoms with Crippen molar-refractivity contribution in [1.29, 1.82) is 0 Å². The summed E-state index contributed by atoms with van der Waals surface area (Å²) in [6.45, 7) is 2.17. The summed E-state index contributed by atoms with van der Waals surface area (Å²) >= 11 is 0. The van der Waals surface area contributed by atoms with E-state index in [2.05, 4.69) is 13.0 Å². The number of fused-ring (bicyclic) bond motifs is 5. The monoisotopic (exact) mass is 288 g/mol. The largest absolute Gasteiger partial charge is 0.508 e. The molecule has 21 heavy (non-hydrogen) atoms. The van der Waals surface area contributed by atoms with Crippen LogP contribution in [0.5, 0.6) is 5.75 Å². The van der Waals surface area contributed by atoms with Gasteiger partial charge in [0.25, 0.3) is 0 Å². The van der Waals surface area contributed by atoms with Gasteiger partial charge in [0.2, 0.25) is 0 Å². The summed E-state index contributed by atoms with van der Waals surface area (Å²) in [5, 5.41) is 30.2. The van der Waals surface area contributed by atoms with Gasteiger partial charge in [0.15, 0.2) is 0 Å². The second-order valence-corrected chi connectivity index (χ2v) is 7.59. The van der Waals surface area contributed by atoms with E-state index >= 15 is 0 Å². The van der Waals surface area contributed by atoms with Gasteiger partial charge in [-0.05, 0) is 78.5 Å². The third kappa shape index (κ3) is 1.80. The lowest BCUT2D eigenvalue weighted by atomic mass is 9.55. The van der Waals surface area contributed by atoms with Gasteiger partial charge in [-0.3, -0.25) is 0 Å². The molecule has 0 aliphatic heterocycles. The molecular weight excluding hydrogens is 264 g/mol. The first kappa shape index (κ1) is 13.6. The van der Waals surface area contributed by atoms with E-state index in [1.54, 1.807) is 6.07 Å². The van der Waals surface area contributed by atoms with Crippen molar-refractivity contribution in [1.82, 2.24) is 0 Å². The normalized spacial score (nSPS) is 44.8. The van der Waals surface area contributed by atoms with E-state index in [1.165, 1.54) is 11.1 Å². The van der Waals surface area contributed by atoms with Crippen LogP contribution in [-0.4, -0.2) is 27.5 Å². The van der Waals surface area contributed by atoms with Crippen molar-refractivity contribution in [3.05, 3.63) is 29.3 Å². The van der Waals surface area contributed by atoms with E-state index in [4.69, 9.17) is 0 Å². The third-order valence-corrected chi connectivity index (χ3v) is 6.68. The molecule has 1 aromatic carbocycles. The molecular formula is C18H24O3. The quantitative estimate of drug-likeness (QED) is 0.687. The fraction of sp³-hybridized carbons (Fsp3) is 0.667. The minimum atomic E-state index is -0.565. The van der Waals surface area contributed by atoms with Crippen molar-refractivity contribution >= 4 is 0 Å². The molecule has 0 unspecified atom stereocenters. The third-order valence-electron chi connectivity index (χ3n) is 6.68. The Morgan fingerprint density at radius 3 is 2.81 bits per heavy atom. The Morgan fingerprint density at radius 2 is 2.00 bits per heavy atom. The van der Waals surface area contributed by atoms with Crippen LogP contribution in [0.4, 0.5) is 0 Å². The maximum absolute atomic E-state index is 10.4. The van der Waals surface area contributed by atoms with Crippen LogP contribution < -0.4 is 0 Å². The summed E-state index contributed by atoms with van der Waals surface area (Å²) in [7, 11) is 0. The number of aliphatic hydroxyl groups is 2. The molecule has 0 bridgehead atoms. The minimum absolute atomic E-state index is 0.116.